The van der Waals surface area contributed by atoms with Crippen molar-refractivity contribution in [3.05, 3.63) is 71.4 Å². The number of benzene rings is 1. The lowest BCUT2D eigenvalue weighted by Gasteiger charge is -2.21. The maximum absolute atomic E-state index is 12.0. The molecule has 0 fully saturated rings. The minimum atomic E-state index is -0.308. The summed E-state index contributed by atoms with van der Waals surface area (Å²) in [6.07, 6.45) is 4.08. The van der Waals surface area contributed by atoms with Crippen molar-refractivity contribution < 1.29 is 14.1 Å². The standard InChI is InChI=1S/C18H18N4O3/c23-18(15-6-8-20-25-15)19-10-16-17-14(7-9-24-16)12-22(21-17)11-13-4-2-1-3-5-13/h1-6,8,12,16H,7,9-11H2,(H,19,23)/t16-/m1/s1. The molecule has 7 heteroatoms. The molecule has 3 aromatic rings. The van der Waals surface area contributed by atoms with E-state index in [-0.39, 0.29) is 17.8 Å². The van der Waals surface area contributed by atoms with E-state index in [1.54, 1.807) is 0 Å². The van der Waals surface area contributed by atoms with E-state index in [9.17, 15) is 4.79 Å². The number of carbonyl (C=O) groups excluding carboxylic acids is 1. The minimum absolute atomic E-state index is 0.186. The van der Waals surface area contributed by atoms with Gasteiger partial charge in [-0.25, -0.2) is 0 Å². The van der Waals surface area contributed by atoms with E-state index in [0.717, 1.165) is 12.1 Å². The van der Waals surface area contributed by atoms with Gasteiger partial charge in [0.15, 0.2) is 0 Å². The topological polar surface area (TPSA) is 82.2 Å². The first-order chi connectivity index (χ1) is 12.3. The van der Waals surface area contributed by atoms with Crippen molar-refractivity contribution in [3.63, 3.8) is 0 Å². The Morgan fingerprint density at radius 2 is 2.16 bits per heavy atom. The number of rotatable bonds is 5. The van der Waals surface area contributed by atoms with E-state index in [0.29, 0.717) is 19.7 Å². The number of ether oxygens (including phenoxy) is 1. The van der Waals surface area contributed by atoms with Gasteiger partial charge in [0.05, 0.1) is 25.0 Å². The number of carbonyl (C=O) groups is 1. The van der Waals surface area contributed by atoms with Crippen LogP contribution in [0.15, 0.2) is 53.3 Å². The van der Waals surface area contributed by atoms with Crippen LogP contribution in [-0.4, -0.2) is 34.0 Å². The zero-order chi connectivity index (χ0) is 17.1. The zero-order valence-electron chi connectivity index (χ0n) is 13.6. The molecule has 3 heterocycles. The molecule has 0 unspecified atom stereocenters. The van der Waals surface area contributed by atoms with E-state index < -0.39 is 0 Å². The van der Waals surface area contributed by atoms with Crippen LogP contribution < -0.4 is 5.32 Å². The maximum Gasteiger partial charge on any atom is 0.289 e. The molecule has 1 aromatic carbocycles. The molecule has 0 bridgehead atoms. The molecule has 1 N–H and O–H groups in total. The third kappa shape index (κ3) is 3.46. The molecule has 1 amide bonds. The van der Waals surface area contributed by atoms with Crippen LogP contribution in [0.1, 0.15) is 33.5 Å². The molecule has 4 rings (SSSR count). The van der Waals surface area contributed by atoms with Gasteiger partial charge in [0.25, 0.3) is 5.91 Å². The molecule has 2 aromatic heterocycles. The number of nitrogens with zero attached hydrogens (tertiary/aromatic N) is 3. The van der Waals surface area contributed by atoms with E-state index in [1.807, 2.05) is 22.9 Å². The van der Waals surface area contributed by atoms with Gasteiger partial charge in [-0.05, 0) is 17.5 Å². The van der Waals surface area contributed by atoms with Crippen molar-refractivity contribution >= 4 is 5.91 Å². The average Bonchev–Trinajstić information content (AvgIpc) is 3.30. The molecule has 0 aliphatic carbocycles. The van der Waals surface area contributed by atoms with Crippen molar-refractivity contribution in [3.8, 4) is 0 Å². The Morgan fingerprint density at radius 3 is 2.96 bits per heavy atom. The SMILES string of the molecule is O=C(NC[C@H]1OCCc2cn(Cc3ccccc3)nc21)c1ccno1. The van der Waals surface area contributed by atoms with Crippen LogP contribution in [0.2, 0.25) is 0 Å². The fourth-order valence-electron chi connectivity index (χ4n) is 2.94. The van der Waals surface area contributed by atoms with E-state index >= 15 is 0 Å². The van der Waals surface area contributed by atoms with Crippen LogP contribution in [0.5, 0.6) is 0 Å². The summed E-state index contributed by atoms with van der Waals surface area (Å²) in [5.41, 5.74) is 3.25. The Balaban J connectivity index is 1.45. The zero-order valence-corrected chi connectivity index (χ0v) is 13.6. The first-order valence-corrected chi connectivity index (χ1v) is 8.20. The smallest absolute Gasteiger partial charge is 0.289 e. The lowest BCUT2D eigenvalue weighted by molar-refractivity contribution is 0.0379. The number of aromatic nitrogens is 3. The fraction of sp³-hybridized carbons (Fsp3) is 0.278. The first kappa shape index (κ1) is 15.6. The molecule has 128 valence electrons. The lowest BCUT2D eigenvalue weighted by atomic mass is 10.1. The quantitative estimate of drug-likeness (QED) is 0.769. The predicted molar refractivity (Wildman–Crippen MR) is 89.0 cm³/mol. The summed E-state index contributed by atoms with van der Waals surface area (Å²) >= 11 is 0. The van der Waals surface area contributed by atoms with Crippen LogP contribution in [0, 0.1) is 0 Å². The Kier molecular flexibility index (Phi) is 4.30. The van der Waals surface area contributed by atoms with Crippen molar-refractivity contribution in [1.29, 1.82) is 0 Å². The third-order valence-corrected chi connectivity index (χ3v) is 4.16. The largest absolute Gasteiger partial charge is 0.370 e. The Labute approximate surface area is 144 Å². The van der Waals surface area contributed by atoms with Gasteiger partial charge >= 0.3 is 0 Å². The molecule has 25 heavy (non-hydrogen) atoms. The summed E-state index contributed by atoms with van der Waals surface area (Å²) in [7, 11) is 0. The highest BCUT2D eigenvalue weighted by molar-refractivity contribution is 5.91. The second-order valence-electron chi connectivity index (χ2n) is 5.92. The van der Waals surface area contributed by atoms with Crippen molar-refractivity contribution in [1.82, 2.24) is 20.3 Å². The molecule has 7 nitrogen and oxygen atoms in total. The normalized spacial score (nSPS) is 16.4. The Bertz CT molecular complexity index is 843. The maximum atomic E-state index is 12.0. The summed E-state index contributed by atoms with van der Waals surface area (Å²) in [6.45, 7) is 1.67. The molecule has 0 spiro atoms. The van der Waals surface area contributed by atoms with Crippen LogP contribution in [0.25, 0.3) is 0 Å². The highest BCUT2D eigenvalue weighted by Gasteiger charge is 2.25. The Morgan fingerprint density at radius 1 is 1.28 bits per heavy atom. The van der Waals surface area contributed by atoms with Crippen LogP contribution >= 0.6 is 0 Å². The number of nitrogens with one attached hydrogen (secondary N) is 1. The summed E-state index contributed by atoms with van der Waals surface area (Å²) in [4.78, 5) is 12.0. The highest BCUT2D eigenvalue weighted by atomic mass is 16.5. The molecular weight excluding hydrogens is 320 g/mol. The number of fused-ring (bicyclic) bond motifs is 1. The van der Waals surface area contributed by atoms with Crippen molar-refractivity contribution in [2.45, 2.75) is 19.1 Å². The second kappa shape index (κ2) is 6.90. The molecular formula is C18H18N4O3. The number of hydrogen-bond acceptors (Lipinski definition) is 5. The van der Waals surface area contributed by atoms with Crippen molar-refractivity contribution in [2.75, 3.05) is 13.2 Å². The average molecular weight is 338 g/mol. The monoisotopic (exact) mass is 338 g/mol. The van der Waals surface area contributed by atoms with Crippen molar-refractivity contribution in [2.24, 2.45) is 0 Å². The minimum Gasteiger partial charge on any atom is -0.370 e. The molecule has 1 atom stereocenters. The molecule has 1 aliphatic heterocycles. The summed E-state index contributed by atoms with van der Waals surface area (Å²) in [5.74, 6) is -0.123. The molecule has 1 aliphatic rings. The number of hydrogen-bond donors (Lipinski definition) is 1. The van der Waals surface area contributed by atoms with Crippen LogP contribution in [0.3, 0.4) is 0 Å². The third-order valence-electron chi connectivity index (χ3n) is 4.16. The van der Waals surface area contributed by atoms with E-state index in [2.05, 4.69) is 33.9 Å². The van der Waals surface area contributed by atoms with Crippen LogP contribution in [-0.2, 0) is 17.7 Å². The summed E-state index contributed by atoms with van der Waals surface area (Å²) in [5, 5.41) is 11.0. The number of amides is 1. The molecule has 0 saturated carbocycles. The molecule has 0 radical (unpaired) electrons. The predicted octanol–water partition coefficient (Wildman–Crippen LogP) is 1.96. The Hall–Kier alpha value is -2.93. The summed E-state index contributed by atoms with van der Waals surface area (Å²) in [6, 6.07) is 11.7. The van der Waals surface area contributed by atoms with Gasteiger partial charge in [0, 0.05) is 18.8 Å². The van der Waals surface area contributed by atoms with Gasteiger partial charge < -0.3 is 14.6 Å². The van der Waals surface area contributed by atoms with Gasteiger partial charge in [-0.2, -0.15) is 5.10 Å². The van der Waals surface area contributed by atoms with Gasteiger partial charge in [0.2, 0.25) is 5.76 Å². The van der Waals surface area contributed by atoms with E-state index in [4.69, 9.17) is 9.26 Å². The highest BCUT2D eigenvalue weighted by Crippen LogP contribution is 2.25. The van der Waals surface area contributed by atoms with Gasteiger partial charge in [-0.3, -0.25) is 9.48 Å². The first-order valence-electron chi connectivity index (χ1n) is 8.20. The molecule has 0 saturated heterocycles. The fourth-order valence-corrected chi connectivity index (χ4v) is 2.94. The second-order valence-corrected chi connectivity index (χ2v) is 5.92. The van der Waals surface area contributed by atoms with Gasteiger partial charge in [0.1, 0.15) is 6.10 Å². The van der Waals surface area contributed by atoms with Gasteiger partial charge in [-0.1, -0.05) is 35.5 Å². The van der Waals surface area contributed by atoms with Crippen LogP contribution in [0.4, 0.5) is 0 Å². The van der Waals surface area contributed by atoms with Gasteiger partial charge in [-0.15, -0.1) is 0 Å². The lowest BCUT2D eigenvalue weighted by Crippen LogP contribution is -2.31. The summed E-state index contributed by atoms with van der Waals surface area (Å²) < 4.78 is 12.6. The van der Waals surface area contributed by atoms with E-state index in [1.165, 1.54) is 23.4 Å².